The van der Waals surface area contributed by atoms with Gasteiger partial charge in [-0.3, -0.25) is 0 Å². The van der Waals surface area contributed by atoms with Gasteiger partial charge in [0, 0.05) is 6.20 Å². The number of nitrogens with zero attached hydrogens (tertiary/aromatic N) is 2. The molecule has 0 unspecified atom stereocenters. The predicted octanol–water partition coefficient (Wildman–Crippen LogP) is 2.30. The van der Waals surface area contributed by atoms with E-state index in [2.05, 4.69) is 21.5 Å². The Morgan fingerprint density at radius 3 is 3.00 bits per heavy atom. The lowest BCUT2D eigenvalue weighted by Crippen LogP contribution is -1.90. The number of hydrogen-bond acceptors (Lipinski definition) is 2. The minimum absolute atomic E-state index is 0.718. The fourth-order valence-corrected chi connectivity index (χ4v) is 1.25. The highest BCUT2D eigenvalue weighted by atomic mass is 14.9. The van der Waals surface area contributed by atoms with Crippen molar-refractivity contribution in [2.45, 2.75) is 13.8 Å². The van der Waals surface area contributed by atoms with Crippen molar-refractivity contribution in [2.75, 3.05) is 0 Å². The lowest BCUT2D eigenvalue weighted by Gasteiger charge is -1.97. The van der Waals surface area contributed by atoms with E-state index in [1.807, 2.05) is 20.0 Å². The van der Waals surface area contributed by atoms with Crippen LogP contribution in [0.3, 0.4) is 0 Å². The monoisotopic (exact) mass is 173 g/mol. The maximum absolute atomic E-state index is 4.39. The summed E-state index contributed by atoms with van der Waals surface area (Å²) in [4.78, 5) is 11.7. The molecular weight excluding hydrogens is 162 g/mol. The summed E-state index contributed by atoms with van der Waals surface area (Å²) in [6.45, 7) is 7.74. The number of aromatic amines is 1. The third kappa shape index (κ3) is 1.22. The summed E-state index contributed by atoms with van der Waals surface area (Å²) in [6, 6.07) is 0. The number of aryl methyl sites for hydroxylation is 1. The summed E-state index contributed by atoms with van der Waals surface area (Å²) in [6.07, 6.45) is 3.72. The second-order valence-electron chi connectivity index (χ2n) is 3.21. The van der Waals surface area contributed by atoms with E-state index in [0.717, 1.165) is 28.0 Å². The Morgan fingerprint density at radius 1 is 1.54 bits per heavy atom. The first-order valence-electron chi connectivity index (χ1n) is 4.15. The van der Waals surface area contributed by atoms with E-state index in [9.17, 15) is 0 Å². The van der Waals surface area contributed by atoms with E-state index >= 15 is 0 Å². The summed E-state index contributed by atoms with van der Waals surface area (Å²) in [5.74, 6) is 0.718. The SMILES string of the molecule is C=C(C)c1ncc2[nH]cc(C)c2n1. The number of nitrogens with one attached hydrogen (secondary N) is 1. The van der Waals surface area contributed by atoms with Crippen LogP contribution in [0.15, 0.2) is 19.0 Å². The summed E-state index contributed by atoms with van der Waals surface area (Å²) in [5, 5.41) is 0. The molecule has 0 amide bonds. The zero-order valence-corrected chi connectivity index (χ0v) is 7.76. The first kappa shape index (κ1) is 7.98. The molecule has 13 heavy (non-hydrogen) atoms. The average Bonchev–Trinajstić information content (AvgIpc) is 2.47. The van der Waals surface area contributed by atoms with Gasteiger partial charge >= 0.3 is 0 Å². The Morgan fingerprint density at radius 2 is 2.31 bits per heavy atom. The van der Waals surface area contributed by atoms with Gasteiger partial charge in [0.15, 0.2) is 5.82 Å². The quantitative estimate of drug-likeness (QED) is 0.718. The van der Waals surface area contributed by atoms with Gasteiger partial charge in [-0.1, -0.05) is 6.58 Å². The van der Waals surface area contributed by atoms with Crippen molar-refractivity contribution >= 4 is 16.6 Å². The Labute approximate surface area is 76.5 Å². The van der Waals surface area contributed by atoms with Gasteiger partial charge in [0.1, 0.15) is 0 Å². The van der Waals surface area contributed by atoms with Gasteiger partial charge in [-0.2, -0.15) is 0 Å². The Hall–Kier alpha value is -1.64. The van der Waals surface area contributed by atoms with Crippen LogP contribution in [0.5, 0.6) is 0 Å². The molecule has 0 aromatic carbocycles. The van der Waals surface area contributed by atoms with Gasteiger partial charge < -0.3 is 4.98 Å². The third-order valence-corrected chi connectivity index (χ3v) is 1.99. The highest BCUT2D eigenvalue weighted by Crippen LogP contribution is 2.15. The van der Waals surface area contributed by atoms with Crippen LogP contribution >= 0.6 is 0 Å². The van der Waals surface area contributed by atoms with Gasteiger partial charge in [-0.25, -0.2) is 9.97 Å². The zero-order valence-electron chi connectivity index (χ0n) is 7.76. The minimum atomic E-state index is 0.718. The molecule has 0 saturated heterocycles. The lowest BCUT2D eigenvalue weighted by molar-refractivity contribution is 1.15. The standard InChI is InChI=1S/C10H11N3/c1-6(2)10-12-5-8-9(13-10)7(3)4-11-8/h4-5,11H,1H2,2-3H3. The lowest BCUT2D eigenvalue weighted by atomic mass is 10.3. The first-order chi connectivity index (χ1) is 6.18. The number of allylic oxidation sites excluding steroid dienone is 1. The van der Waals surface area contributed by atoms with Crippen molar-refractivity contribution in [2.24, 2.45) is 0 Å². The molecule has 1 N–H and O–H groups in total. The van der Waals surface area contributed by atoms with Crippen LogP contribution in [0, 0.1) is 6.92 Å². The molecule has 0 radical (unpaired) electrons. The second kappa shape index (κ2) is 2.69. The Kier molecular flexibility index (Phi) is 1.65. The van der Waals surface area contributed by atoms with Gasteiger partial charge in [-0.15, -0.1) is 0 Å². The molecule has 0 bridgehead atoms. The van der Waals surface area contributed by atoms with Crippen LogP contribution in [0.1, 0.15) is 18.3 Å². The molecule has 2 aromatic heterocycles. The molecule has 3 heteroatoms. The third-order valence-electron chi connectivity index (χ3n) is 1.99. The highest BCUT2D eigenvalue weighted by molar-refractivity contribution is 5.79. The van der Waals surface area contributed by atoms with E-state index in [-0.39, 0.29) is 0 Å². The van der Waals surface area contributed by atoms with Crippen molar-refractivity contribution in [3.63, 3.8) is 0 Å². The van der Waals surface area contributed by atoms with Gasteiger partial charge in [0.2, 0.25) is 0 Å². The van der Waals surface area contributed by atoms with Gasteiger partial charge in [0.05, 0.1) is 17.2 Å². The molecule has 3 nitrogen and oxygen atoms in total. The summed E-state index contributed by atoms with van der Waals surface area (Å²) in [7, 11) is 0. The van der Waals surface area contributed by atoms with Crippen LogP contribution in [0.4, 0.5) is 0 Å². The molecule has 2 aromatic rings. The van der Waals surface area contributed by atoms with Crippen molar-refractivity contribution in [1.82, 2.24) is 15.0 Å². The smallest absolute Gasteiger partial charge is 0.154 e. The minimum Gasteiger partial charge on any atom is -0.358 e. The van der Waals surface area contributed by atoms with Crippen molar-refractivity contribution in [3.05, 3.63) is 30.4 Å². The number of rotatable bonds is 1. The molecule has 2 heterocycles. The van der Waals surface area contributed by atoms with Crippen LogP contribution in [-0.2, 0) is 0 Å². The van der Waals surface area contributed by atoms with Crippen LogP contribution in [0.25, 0.3) is 16.6 Å². The Balaban J connectivity index is 2.72. The molecule has 0 spiro atoms. The predicted molar refractivity (Wildman–Crippen MR) is 53.3 cm³/mol. The van der Waals surface area contributed by atoms with E-state index in [4.69, 9.17) is 0 Å². The molecule has 0 atom stereocenters. The van der Waals surface area contributed by atoms with Crippen LogP contribution in [0.2, 0.25) is 0 Å². The number of aromatic nitrogens is 3. The molecule has 2 rings (SSSR count). The van der Waals surface area contributed by atoms with Gasteiger partial charge in [-0.05, 0) is 25.0 Å². The molecule has 0 fully saturated rings. The van der Waals surface area contributed by atoms with Crippen molar-refractivity contribution < 1.29 is 0 Å². The summed E-state index contributed by atoms with van der Waals surface area (Å²) < 4.78 is 0. The normalized spacial score (nSPS) is 10.6. The first-order valence-corrected chi connectivity index (χ1v) is 4.15. The van der Waals surface area contributed by atoms with E-state index in [0.29, 0.717) is 0 Å². The van der Waals surface area contributed by atoms with Crippen LogP contribution < -0.4 is 0 Å². The average molecular weight is 173 g/mol. The topological polar surface area (TPSA) is 41.6 Å². The second-order valence-corrected chi connectivity index (χ2v) is 3.21. The number of hydrogen-bond donors (Lipinski definition) is 1. The zero-order chi connectivity index (χ0) is 9.42. The van der Waals surface area contributed by atoms with E-state index in [1.54, 1.807) is 6.20 Å². The molecule has 0 saturated carbocycles. The van der Waals surface area contributed by atoms with E-state index < -0.39 is 0 Å². The van der Waals surface area contributed by atoms with Crippen LogP contribution in [-0.4, -0.2) is 15.0 Å². The number of H-pyrrole nitrogens is 1. The van der Waals surface area contributed by atoms with Crippen molar-refractivity contribution in [1.29, 1.82) is 0 Å². The Bertz CT molecular complexity index is 468. The maximum atomic E-state index is 4.39. The fraction of sp³-hybridized carbons (Fsp3) is 0.200. The highest BCUT2D eigenvalue weighted by Gasteiger charge is 2.03. The molecule has 66 valence electrons. The van der Waals surface area contributed by atoms with Gasteiger partial charge in [0.25, 0.3) is 0 Å². The fourth-order valence-electron chi connectivity index (χ4n) is 1.25. The van der Waals surface area contributed by atoms with E-state index in [1.165, 1.54) is 0 Å². The molecular formula is C10H11N3. The molecule has 0 aliphatic rings. The largest absolute Gasteiger partial charge is 0.358 e. The summed E-state index contributed by atoms with van der Waals surface area (Å²) >= 11 is 0. The molecule has 0 aliphatic heterocycles. The number of fused-ring (bicyclic) bond motifs is 1. The van der Waals surface area contributed by atoms with Crippen molar-refractivity contribution in [3.8, 4) is 0 Å². The maximum Gasteiger partial charge on any atom is 0.154 e. The summed E-state index contributed by atoms with van der Waals surface area (Å²) in [5.41, 5.74) is 3.98. The molecule has 0 aliphatic carbocycles.